The van der Waals surface area contributed by atoms with E-state index in [0.717, 1.165) is 48.5 Å². The molecule has 2 aromatic rings. The van der Waals surface area contributed by atoms with Crippen LogP contribution in [0, 0.1) is 0 Å². The van der Waals surface area contributed by atoms with Crippen molar-refractivity contribution in [1.29, 1.82) is 0 Å². The molecular formula is C18H25N5O2S2. The van der Waals surface area contributed by atoms with Crippen molar-refractivity contribution in [2.45, 2.75) is 23.4 Å². The largest absolute Gasteiger partial charge is 0.497 e. The van der Waals surface area contributed by atoms with Crippen molar-refractivity contribution in [3.05, 3.63) is 24.3 Å². The molecule has 1 atom stereocenters. The van der Waals surface area contributed by atoms with Crippen LogP contribution in [0.5, 0.6) is 5.75 Å². The first-order valence-electron chi connectivity index (χ1n) is 9.01. The van der Waals surface area contributed by atoms with Crippen molar-refractivity contribution in [3.63, 3.8) is 0 Å². The highest BCUT2D eigenvalue weighted by atomic mass is 32.2. The average Bonchev–Trinajstić information content (AvgIpc) is 3.14. The second-order valence-corrected chi connectivity index (χ2v) is 8.81. The number of nitrogens with zero attached hydrogens (tertiary/aromatic N) is 4. The van der Waals surface area contributed by atoms with Gasteiger partial charge < -0.3 is 19.9 Å². The summed E-state index contributed by atoms with van der Waals surface area (Å²) in [4.78, 5) is 17.0. The number of hydrogen-bond acceptors (Lipinski definition) is 8. The zero-order valence-corrected chi connectivity index (χ0v) is 17.5. The summed E-state index contributed by atoms with van der Waals surface area (Å²) in [7, 11) is 1.64. The first-order chi connectivity index (χ1) is 13.1. The van der Waals surface area contributed by atoms with Gasteiger partial charge in [0.1, 0.15) is 5.75 Å². The van der Waals surface area contributed by atoms with Crippen molar-refractivity contribution >= 4 is 39.8 Å². The number of rotatable bonds is 7. The van der Waals surface area contributed by atoms with Gasteiger partial charge in [0, 0.05) is 31.9 Å². The van der Waals surface area contributed by atoms with Crippen LogP contribution < -0.4 is 10.1 Å². The lowest BCUT2D eigenvalue weighted by Gasteiger charge is -2.35. The molecule has 1 amide bonds. The van der Waals surface area contributed by atoms with Crippen LogP contribution in [-0.4, -0.2) is 71.0 Å². The second kappa shape index (κ2) is 9.38. The van der Waals surface area contributed by atoms with Crippen molar-refractivity contribution in [3.8, 4) is 5.75 Å². The number of nitrogens with one attached hydrogen (secondary N) is 1. The molecule has 1 saturated heterocycles. The Morgan fingerprint density at radius 1 is 1.26 bits per heavy atom. The summed E-state index contributed by atoms with van der Waals surface area (Å²) in [5.74, 6) is 0.983. The van der Waals surface area contributed by atoms with Gasteiger partial charge in [-0.25, -0.2) is 0 Å². The Hall–Kier alpha value is -1.84. The zero-order chi connectivity index (χ0) is 19.2. The summed E-state index contributed by atoms with van der Waals surface area (Å²) in [6.07, 6.45) is 0. The van der Waals surface area contributed by atoms with Gasteiger partial charge in [-0.05, 0) is 37.7 Å². The molecule has 9 heteroatoms. The Bertz CT molecular complexity index is 744. The van der Waals surface area contributed by atoms with E-state index in [9.17, 15) is 4.79 Å². The van der Waals surface area contributed by atoms with Gasteiger partial charge in [0.2, 0.25) is 11.0 Å². The van der Waals surface area contributed by atoms with Crippen LogP contribution in [0.1, 0.15) is 13.8 Å². The molecule has 27 heavy (non-hydrogen) atoms. The molecular weight excluding hydrogens is 382 g/mol. The number of amides is 1. The van der Waals surface area contributed by atoms with Gasteiger partial charge in [0.05, 0.1) is 12.4 Å². The average molecular weight is 408 g/mol. The van der Waals surface area contributed by atoms with E-state index in [4.69, 9.17) is 4.74 Å². The van der Waals surface area contributed by atoms with Crippen LogP contribution in [0.4, 0.5) is 10.8 Å². The molecule has 2 heterocycles. The summed E-state index contributed by atoms with van der Waals surface area (Å²) in [5, 5.41) is 12.1. The molecule has 0 aliphatic carbocycles. The van der Waals surface area contributed by atoms with E-state index < -0.39 is 0 Å². The maximum absolute atomic E-state index is 12.7. The highest BCUT2D eigenvalue weighted by Gasteiger charge is 2.25. The topological polar surface area (TPSA) is 70.6 Å². The van der Waals surface area contributed by atoms with Gasteiger partial charge >= 0.3 is 0 Å². The highest BCUT2D eigenvalue weighted by Crippen LogP contribution is 2.31. The maximum atomic E-state index is 12.7. The lowest BCUT2D eigenvalue weighted by molar-refractivity contribution is -0.132. The molecule has 0 unspecified atom stereocenters. The van der Waals surface area contributed by atoms with Crippen LogP contribution >= 0.6 is 23.1 Å². The number of thioether (sulfide) groups is 1. The summed E-state index contributed by atoms with van der Waals surface area (Å²) in [6.45, 7) is 8.65. The van der Waals surface area contributed by atoms with Crippen molar-refractivity contribution in [2.75, 3.05) is 45.2 Å². The summed E-state index contributed by atoms with van der Waals surface area (Å²) < 4.78 is 5.95. The fourth-order valence-electron chi connectivity index (χ4n) is 2.85. The lowest BCUT2D eigenvalue weighted by atomic mass is 10.3. The van der Waals surface area contributed by atoms with Gasteiger partial charge in [-0.1, -0.05) is 30.0 Å². The fourth-order valence-corrected chi connectivity index (χ4v) is 4.85. The molecule has 146 valence electrons. The van der Waals surface area contributed by atoms with Gasteiger partial charge in [0.15, 0.2) is 4.34 Å². The third kappa shape index (κ3) is 5.33. The minimum atomic E-state index is -0.167. The molecule has 0 spiro atoms. The van der Waals surface area contributed by atoms with Crippen molar-refractivity contribution in [2.24, 2.45) is 0 Å². The van der Waals surface area contributed by atoms with Crippen LogP contribution in [0.25, 0.3) is 0 Å². The van der Waals surface area contributed by atoms with Crippen molar-refractivity contribution in [1.82, 2.24) is 20.0 Å². The van der Waals surface area contributed by atoms with E-state index in [1.165, 1.54) is 23.1 Å². The maximum Gasteiger partial charge on any atom is 0.235 e. The summed E-state index contributed by atoms with van der Waals surface area (Å²) in [6, 6.07) is 7.63. The van der Waals surface area contributed by atoms with Gasteiger partial charge in [-0.15, -0.1) is 10.2 Å². The normalized spacial score (nSPS) is 16.2. The molecule has 1 aromatic carbocycles. The Morgan fingerprint density at radius 2 is 1.96 bits per heavy atom. The van der Waals surface area contributed by atoms with Crippen LogP contribution in [0.2, 0.25) is 0 Å². The van der Waals surface area contributed by atoms with Gasteiger partial charge in [-0.3, -0.25) is 4.79 Å². The third-order valence-corrected chi connectivity index (χ3v) is 6.51. The molecule has 3 rings (SSSR count). The zero-order valence-electron chi connectivity index (χ0n) is 15.8. The van der Waals surface area contributed by atoms with E-state index in [1.807, 2.05) is 36.1 Å². The smallest absolute Gasteiger partial charge is 0.235 e. The van der Waals surface area contributed by atoms with Gasteiger partial charge in [-0.2, -0.15) is 0 Å². The molecule has 1 N–H and O–H groups in total. The quantitative estimate of drug-likeness (QED) is 0.708. The molecule has 1 aliphatic heterocycles. The summed E-state index contributed by atoms with van der Waals surface area (Å²) >= 11 is 2.92. The molecule has 1 fully saturated rings. The third-order valence-electron chi connectivity index (χ3n) is 4.50. The van der Waals surface area contributed by atoms with Crippen LogP contribution in [0.3, 0.4) is 0 Å². The second-order valence-electron chi connectivity index (χ2n) is 6.25. The number of methoxy groups -OCH3 is 1. The van der Waals surface area contributed by atoms with E-state index in [0.29, 0.717) is 5.13 Å². The predicted molar refractivity (Wildman–Crippen MR) is 110 cm³/mol. The number of hydrogen-bond donors (Lipinski definition) is 1. The Morgan fingerprint density at radius 3 is 2.59 bits per heavy atom. The van der Waals surface area contributed by atoms with E-state index in [2.05, 4.69) is 27.3 Å². The van der Waals surface area contributed by atoms with E-state index >= 15 is 0 Å². The van der Waals surface area contributed by atoms with E-state index in [1.54, 1.807) is 7.11 Å². The lowest BCUT2D eigenvalue weighted by Crippen LogP contribution is -2.50. The SMILES string of the molecule is CCN1CCN(C(=O)[C@@H](C)Sc2nnc(Nc3ccc(OC)cc3)s2)CC1. The number of ether oxygens (including phenoxy) is 1. The number of anilines is 2. The van der Waals surface area contributed by atoms with Crippen LogP contribution in [-0.2, 0) is 4.79 Å². The Balaban J connectivity index is 1.52. The number of carbonyl (C=O) groups excluding carboxylic acids is 1. The molecule has 7 nitrogen and oxygen atoms in total. The molecule has 0 saturated carbocycles. The van der Waals surface area contributed by atoms with Crippen LogP contribution in [0.15, 0.2) is 28.6 Å². The first-order valence-corrected chi connectivity index (χ1v) is 10.7. The summed E-state index contributed by atoms with van der Waals surface area (Å²) in [5.41, 5.74) is 0.918. The fraction of sp³-hybridized carbons (Fsp3) is 0.500. The number of benzene rings is 1. The molecule has 1 aromatic heterocycles. The number of aromatic nitrogens is 2. The number of piperazine rings is 1. The highest BCUT2D eigenvalue weighted by molar-refractivity contribution is 8.02. The minimum absolute atomic E-state index is 0.167. The number of carbonyl (C=O) groups is 1. The molecule has 0 bridgehead atoms. The molecule has 0 radical (unpaired) electrons. The Labute approximate surface area is 168 Å². The number of likely N-dealkylation sites (N-methyl/N-ethyl adjacent to an activating group) is 1. The van der Waals surface area contributed by atoms with E-state index in [-0.39, 0.29) is 11.2 Å². The minimum Gasteiger partial charge on any atom is -0.497 e. The Kier molecular flexibility index (Phi) is 6.92. The standard InChI is InChI=1S/C18H25N5O2S2/c1-4-22-9-11-23(12-10-22)16(24)13(2)26-18-21-20-17(27-18)19-14-5-7-15(25-3)8-6-14/h5-8,13H,4,9-12H2,1-3H3,(H,19,20)/t13-/m1/s1. The van der Waals surface area contributed by atoms with Gasteiger partial charge in [0.25, 0.3) is 0 Å². The molecule has 1 aliphatic rings. The van der Waals surface area contributed by atoms with Crippen molar-refractivity contribution < 1.29 is 9.53 Å². The first kappa shape index (κ1) is 19.9. The monoisotopic (exact) mass is 407 g/mol. The predicted octanol–water partition coefficient (Wildman–Crippen LogP) is 2.94.